The average Bonchev–Trinajstić information content (AvgIpc) is 3.56. The molecular formula is C27H27N5O3. The van der Waals surface area contributed by atoms with Crippen LogP contribution in [-0.4, -0.2) is 44.6 Å². The quantitative estimate of drug-likeness (QED) is 0.399. The van der Waals surface area contributed by atoms with Crippen molar-refractivity contribution in [2.75, 3.05) is 13.1 Å². The van der Waals surface area contributed by atoms with Gasteiger partial charge in [-0.25, -0.2) is 0 Å². The highest BCUT2D eigenvalue weighted by Crippen LogP contribution is 2.25. The molecule has 0 radical (unpaired) electrons. The van der Waals surface area contributed by atoms with Crippen LogP contribution in [0, 0.1) is 0 Å². The summed E-state index contributed by atoms with van der Waals surface area (Å²) in [6, 6.07) is 15.7. The molecule has 0 unspecified atom stereocenters. The number of rotatable bonds is 8. The van der Waals surface area contributed by atoms with Crippen LogP contribution < -0.4 is 5.32 Å². The Kier molecular flexibility index (Phi) is 6.70. The molecule has 0 aliphatic carbocycles. The Morgan fingerprint density at radius 1 is 1.03 bits per heavy atom. The first-order chi connectivity index (χ1) is 17.2. The number of nitrogens with zero attached hydrogens (tertiary/aromatic N) is 4. The Morgan fingerprint density at radius 3 is 2.63 bits per heavy atom. The first kappa shape index (κ1) is 22.6. The van der Waals surface area contributed by atoms with E-state index in [-0.39, 0.29) is 11.8 Å². The fraction of sp³-hybridized carbons (Fsp3) is 0.259. The van der Waals surface area contributed by atoms with Gasteiger partial charge in [0.05, 0.1) is 24.9 Å². The van der Waals surface area contributed by atoms with E-state index in [0.29, 0.717) is 43.9 Å². The summed E-state index contributed by atoms with van der Waals surface area (Å²) in [4.78, 5) is 31.9. The number of hydrogen-bond donors (Lipinski definition) is 1. The third-order valence-corrected chi connectivity index (χ3v) is 6.26. The highest BCUT2D eigenvalue weighted by Gasteiger charge is 2.30. The number of carbonyl (C=O) groups is 2. The zero-order valence-corrected chi connectivity index (χ0v) is 19.4. The second kappa shape index (κ2) is 10.4. The van der Waals surface area contributed by atoms with Gasteiger partial charge in [-0.2, -0.15) is 5.10 Å². The number of aryl methyl sites for hydroxylation is 1. The molecule has 5 rings (SSSR count). The molecule has 8 heteroatoms. The highest BCUT2D eigenvalue weighted by atomic mass is 16.3. The summed E-state index contributed by atoms with van der Waals surface area (Å²) in [5.74, 6) is -0.319. The minimum absolute atomic E-state index is 0.111. The van der Waals surface area contributed by atoms with E-state index in [1.807, 2.05) is 35.0 Å². The first-order valence-corrected chi connectivity index (χ1v) is 11.8. The number of nitrogens with one attached hydrogen (secondary N) is 1. The SMILES string of the molecule is O=C(NCCCc1ccccc1)c1nn(Cc2ccncc2)c2c1CN(C(=O)c1ccoc1)CC2. The Hall–Kier alpha value is -4.20. The molecule has 0 saturated heterocycles. The maximum Gasteiger partial charge on any atom is 0.272 e. The molecule has 1 aliphatic rings. The topological polar surface area (TPSA) is 93.3 Å². The first-order valence-electron chi connectivity index (χ1n) is 11.8. The molecule has 0 atom stereocenters. The summed E-state index contributed by atoms with van der Waals surface area (Å²) in [5, 5.41) is 7.73. The lowest BCUT2D eigenvalue weighted by molar-refractivity contribution is 0.0729. The largest absolute Gasteiger partial charge is 0.472 e. The van der Waals surface area contributed by atoms with Crippen molar-refractivity contribution in [2.24, 2.45) is 0 Å². The number of fused-ring (bicyclic) bond motifs is 1. The van der Waals surface area contributed by atoms with Crippen molar-refractivity contribution in [3.05, 3.63) is 107 Å². The lowest BCUT2D eigenvalue weighted by Crippen LogP contribution is -2.37. The van der Waals surface area contributed by atoms with Gasteiger partial charge >= 0.3 is 0 Å². The van der Waals surface area contributed by atoms with Crippen molar-refractivity contribution in [2.45, 2.75) is 32.4 Å². The van der Waals surface area contributed by atoms with E-state index in [2.05, 4.69) is 22.4 Å². The molecule has 1 N–H and O–H groups in total. The van der Waals surface area contributed by atoms with Gasteiger partial charge in [-0.05, 0) is 42.2 Å². The third kappa shape index (κ3) is 5.16. The van der Waals surface area contributed by atoms with Crippen LogP contribution in [0.4, 0.5) is 0 Å². The van der Waals surface area contributed by atoms with Gasteiger partial charge in [0.25, 0.3) is 11.8 Å². The van der Waals surface area contributed by atoms with E-state index in [4.69, 9.17) is 9.52 Å². The molecule has 3 aromatic heterocycles. The summed E-state index contributed by atoms with van der Waals surface area (Å²) in [6.45, 7) is 1.98. The fourth-order valence-electron chi connectivity index (χ4n) is 4.43. The zero-order valence-electron chi connectivity index (χ0n) is 19.4. The van der Waals surface area contributed by atoms with E-state index in [0.717, 1.165) is 29.7 Å². The molecular weight excluding hydrogens is 442 g/mol. The van der Waals surface area contributed by atoms with E-state index in [1.165, 1.54) is 18.1 Å². The zero-order chi connectivity index (χ0) is 24.0. The van der Waals surface area contributed by atoms with Crippen LogP contribution in [-0.2, 0) is 25.9 Å². The van der Waals surface area contributed by atoms with Gasteiger partial charge in [0.15, 0.2) is 5.69 Å². The molecule has 0 spiro atoms. The maximum atomic E-state index is 13.2. The number of hydrogen-bond acceptors (Lipinski definition) is 5. The lowest BCUT2D eigenvalue weighted by atomic mass is 10.0. The number of benzene rings is 1. The van der Waals surface area contributed by atoms with Crippen LogP contribution >= 0.6 is 0 Å². The molecule has 4 aromatic rings. The van der Waals surface area contributed by atoms with Crippen molar-refractivity contribution in [1.29, 1.82) is 0 Å². The smallest absolute Gasteiger partial charge is 0.272 e. The van der Waals surface area contributed by atoms with Gasteiger partial charge in [-0.1, -0.05) is 30.3 Å². The van der Waals surface area contributed by atoms with Crippen molar-refractivity contribution in [1.82, 2.24) is 25.0 Å². The molecule has 0 saturated carbocycles. The van der Waals surface area contributed by atoms with E-state index < -0.39 is 0 Å². The van der Waals surface area contributed by atoms with Crippen molar-refractivity contribution >= 4 is 11.8 Å². The van der Waals surface area contributed by atoms with Crippen LogP contribution in [0.2, 0.25) is 0 Å². The summed E-state index contributed by atoms with van der Waals surface area (Å²) < 4.78 is 6.97. The summed E-state index contributed by atoms with van der Waals surface area (Å²) in [5.41, 5.74) is 4.99. The number of carbonyl (C=O) groups excluding carboxylic acids is 2. The molecule has 1 aromatic carbocycles. The predicted octanol–water partition coefficient (Wildman–Crippen LogP) is 3.48. The van der Waals surface area contributed by atoms with Crippen molar-refractivity contribution in [3.63, 3.8) is 0 Å². The highest BCUT2D eigenvalue weighted by molar-refractivity contribution is 5.96. The van der Waals surface area contributed by atoms with Crippen LogP contribution in [0.3, 0.4) is 0 Å². The van der Waals surface area contributed by atoms with Gasteiger partial charge in [0.1, 0.15) is 6.26 Å². The molecule has 2 amide bonds. The van der Waals surface area contributed by atoms with Crippen LogP contribution in [0.1, 0.15) is 49.7 Å². The Bertz CT molecular complexity index is 1280. The molecule has 35 heavy (non-hydrogen) atoms. The molecule has 178 valence electrons. The van der Waals surface area contributed by atoms with Crippen LogP contribution in [0.15, 0.2) is 77.9 Å². The summed E-state index contributed by atoms with van der Waals surface area (Å²) in [7, 11) is 0. The monoisotopic (exact) mass is 469 g/mol. The average molecular weight is 470 g/mol. The van der Waals surface area contributed by atoms with Gasteiger partial charge in [-0.15, -0.1) is 0 Å². The lowest BCUT2D eigenvalue weighted by Gasteiger charge is -2.27. The van der Waals surface area contributed by atoms with E-state index in [9.17, 15) is 9.59 Å². The molecule has 0 fully saturated rings. The van der Waals surface area contributed by atoms with Crippen LogP contribution in [0.25, 0.3) is 0 Å². The van der Waals surface area contributed by atoms with Gasteiger partial charge in [0.2, 0.25) is 0 Å². The number of aromatic nitrogens is 3. The maximum absolute atomic E-state index is 13.2. The second-order valence-electron chi connectivity index (χ2n) is 8.62. The Morgan fingerprint density at radius 2 is 1.86 bits per heavy atom. The van der Waals surface area contributed by atoms with E-state index >= 15 is 0 Å². The normalized spacial score (nSPS) is 12.9. The predicted molar refractivity (Wildman–Crippen MR) is 130 cm³/mol. The molecule has 1 aliphatic heterocycles. The summed E-state index contributed by atoms with van der Waals surface area (Å²) >= 11 is 0. The van der Waals surface area contributed by atoms with Gasteiger partial charge < -0.3 is 14.6 Å². The van der Waals surface area contributed by atoms with E-state index in [1.54, 1.807) is 23.4 Å². The molecule has 0 bridgehead atoms. The molecule has 8 nitrogen and oxygen atoms in total. The Balaban J connectivity index is 1.34. The summed E-state index contributed by atoms with van der Waals surface area (Å²) in [6.07, 6.45) is 8.78. The number of pyridine rings is 1. The Labute approximate surface area is 203 Å². The van der Waals surface area contributed by atoms with Crippen molar-refractivity contribution in [3.8, 4) is 0 Å². The number of amides is 2. The minimum Gasteiger partial charge on any atom is -0.472 e. The number of furan rings is 1. The standard InChI is InChI=1S/C27H27N5O3/c33-26(29-12-4-7-20-5-2-1-3-6-20)25-23-18-31(27(34)22-11-16-35-19-22)15-10-24(23)32(30-25)17-21-8-13-28-14-9-21/h1-3,5-6,8-9,11,13-14,16,19H,4,7,10,12,15,17-18H2,(H,29,33). The third-order valence-electron chi connectivity index (χ3n) is 6.26. The van der Waals surface area contributed by atoms with Gasteiger partial charge in [0, 0.05) is 43.2 Å². The van der Waals surface area contributed by atoms with Crippen LogP contribution in [0.5, 0.6) is 0 Å². The fourth-order valence-corrected chi connectivity index (χ4v) is 4.43. The van der Waals surface area contributed by atoms with Gasteiger partial charge in [-0.3, -0.25) is 19.3 Å². The minimum atomic E-state index is -0.208. The second-order valence-corrected chi connectivity index (χ2v) is 8.62. The van der Waals surface area contributed by atoms with Crippen molar-refractivity contribution < 1.29 is 14.0 Å². The molecule has 4 heterocycles.